The van der Waals surface area contributed by atoms with E-state index in [9.17, 15) is 4.79 Å². The molecule has 0 heterocycles. The van der Waals surface area contributed by atoms with Crippen molar-refractivity contribution in [3.8, 4) is 0 Å². The maximum atomic E-state index is 12.0. The fourth-order valence-electron chi connectivity index (χ4n) is 1.99. The molecular weight excluding hydrogens is 403 g/mol. The van der Waals surface area contributed by atoms with Crippen LogP contribution in [0.3, 0.4) is 0 Å². The fraction of sp³-hybridized carbons (Fsp3) is 0.529. The monoisotopic (exact) mass is 432 g/mol. The Kier molecular flexibility index (Phi) is 10.6. The summed E-state index contributed by atoms with van der Waals surface area (Å²) in [5.41, 5.74) is 7.66. The first-order valence-corrected chi connectivity index (χ1v) is 7.96. The number of hydrogen-bond donors (Lipinski definition) is 2. The van der Waals surface area contributed by atoms with E-state index in [1.165, 1.54) is 0 Å². The molecule has 5 nitrogen and oxygen atoms in total. The average molecular weight is 432 g/mol. The zero-order valence-electron chi connectivity index (χ0n) is 14.5. The van der Waals surface area contributed by atoms with Gasteiger partial charge in [0.05, 0.1) is 6.54 Å². The molecular formula is C17H29IN4O. The van der Waals surface area contributed by atoms with Crippen molar-refractivity contribution >= 4 is 35.8 Å². The number of nitrogens with two attached hydrogens (primary N) is 1. The minimum absolute atomic E-state index is 0. The number of amides is 1. The van der Waals surface area contributed by atoms with Gasteiger partial charge in [-0.1, -0.05) is 19.1 Å². The average Bonchev–Trinajstić information content (AvgIpc) is 2.54. The summed E-state index contributed by atoms with van der Waals surface area (Å²) in [6.45, 7) is 10.4. The number of halogens is 1. The minimum Gasteiger partial charge on any atom is -0.370 e. The van der Waals surface area contributed by atoms with Gasteiger partial charge in [0.2, 0.25) is 0 Å². The van der Waals surface area contributed by atoms with Gasteiger partial charge in [-0.2, -0.15) is 0 Å². The number of nitrogens with zero attached hydrogens (tertiary/aromatic N) is 2. The molecule has 23 heavy (non-hydrogen) atoms. The van der Waals surface area contributed by atoms with Crippen LogP contribution >= 0.6 is 24.0 Å². The first kappa shape index (κ1) is 21.7. The SMILES string of the molecule is CCC(C)NC(=O)c1ccc(CN=C(N)N(CC)CC)cc1.I. The van der Waals surface area contributed by atoms with Crippen molar-refractivity contribution in [1.29, 1.82) is 0 Å². The molecule has 0 bridgehead atoms. The number of nitrogens with one attached hydrogen (secondary N) is 1. The van der Waals surface area contributed by atoms with Gasteiger partial charge in [-0.3, -0.25) is 4.79 Å². The van der Waals surface area contributed by atoms with Gasteiger partial charge in [0, 0.05) is 24.7 Å². The quantitative estimate of drug-likeness (QED) is 0.396. The standard InChI is InChI=1S/C17H28N4O.HI/c1-5-13(4)20-16(22)15-10-8-14(9-11-15)12-19-17(18)21(6-2)7-3;/h8-11,13H,5-7,12H2,1-4H3,(H2,18,19)(H,20,22);1H. The number of benzene rings is 1. The van der Waals surface area contributed by atoms with E-state index < -0.39 is 0 Å². The van der Waals surface area contributed by atoms with Crippen LogP contribution in [0.4, 0.5) is 0 Å². The molecule has 1 amide bonds. The molecule has 0 aliphatic carbocycles. The van der Waals surface area contributed by atoms with Crippen molar-refractivity contribution < 1.29 is 4.79 Å². The lowest BCUT2D eigenvalue weighted by molar-refractivity contribution is 0.0939. The van der Waals surface area contributed by atoms with Gasteiger partial charge in [0.15, 0.2) is 5.96 Å². The molecule has 3 N–H and O–H groups in total. The van der Waals surface area contributed by atoms with E-state index in [0.717, 1.165) is 25.1 Å². The largest absolute Gasteiger partial charge is 0.370 e. The van der Waals surface area contributed by atoms with Crippen molar-refractivity contribution in [2.75, 3.05) is 13.1 Å². The van der Waals surface area contributed by atoms with Crippen LogP contribution in [-0.4, -0.2) is 35.9 Å². The van der Waals surface area contributed by atoms with Crippen molar-refractivity contribution in [1.82, 2.24) is 10.2 Å². The lowest BCUT2D eigenvalue weighted by Gasteiger charge is -2.19. The normalized spacial score (nSPS) is 12.3. The van der Waals surface area contributed by atoms with Crippen molar-refractivity contribution in [2.24, 2.45) is 10.7 Å². The molecule has 0 spiro atoms. The second kappa shape index (κ2) is 11.3. The maximum Gasteiger partial charge on any atom is 0.251 e. The Labute approximate surface area is 156 Å². The van der Waals surface area contributed by atoms with Gasteiger partial charge < -0.3 is 16.0 Å². The van der Waals surface area contributed by atoms with Gasteiger partial charge in [0.1, 0.15) is 0 Å². The van der Waals surface area contributed by atoms with Crippen molar-refractivity contribution in [3.63, 3.8) is 0 Å². The Morgan fingerprint density at radius 3 is 2.26 bits per heavy atom. The predicted octanol–water partition coefficient (Wildman–Crippen LogP) is 2.99. The molecule has 0 aliphatic rings. The van der Waals surface area contributed by atoms with E-state index in [4.69, 9.17) is 5.73 Å². The van der Waals surface area contributed by atoms with E-state index in [0.29, 0.717) is 18.1 Å². The first-order valence-electron chi connectivity index (χ1n) is 7.96. The summed E-state index contributed by atoms with van der Waals surface area (Å²) in [5.74, 6) is 0.524. The zero-order chi connectivity index (χ0) is 16.5. The molecule has 1 rings (SSSR count). The predicted molar refractivity (Wildman–Crippen MR) is 107 cm³/mol. The molecule has 0 saturated carbocycles. The van der Waals surface area contributed by atoms with Crippen molar-refractivity contribution in [2.45, 2.75) is 46.7 Å². The summed E-state index contributed by atoms with van der Waals surface area (Å²) in [7, 11) is 0. The number of aliphatic imine (C=N–C) groups is 1. The van der Waals surface area contributed by atoms with E-state index in [1.54, 1.807) is 0 Å². The van der Waals surface area contributed by atoms with Gasteiger partial charge in [-0.25, -0.2) is 4.99 Å². The summed E-state index contributed by atoms with van der Waals surface area (Å²) in [6, 6.07) is 7.69. The van der Waals surface area contributed by atoms with Crippen molar-refractivity contribution in [3.05, 3.63) is 35.4 Å². The van der Waals surface area contributed by atoms with Gasteiger partial charge >= 0.3 is 0 Å². The molecule has 1 atom stereocenters. The minimum atomic E-state index is -0.0351. The van der Waals surface area contributed by atoms with Crippen LogP contribution in [0.2, 0.25) is 0 Å². The molecule has 1 unspecified atom stereocenters. The Hall–Kier alpha value is -1.31. The van der Waals surface area contributed by atoms with Gasteiger partial charge in [-0.15, -0.1) is 24.0 Å². The second-order valence-corrected chi connectivity index (χ2v) is 5.33. The topological polar surface area (TPSA) is 70.7 Å². The lowest BCUT2D eigenvalue weighted by Crippen LogP contribution is -2.37. The number of carbonyl (C=O) groups is 1. The summed E-state index contributed by atoms with van der Waals surface area (Å²) >= 11 is 0. The van der Waals surface area contributed by atoms with E-state index >= 15 is 0 Å². The molecule has 6 heteroatoms. The van der Waals surface area contributed by atoms with Crippen LogP contribution in [0.25, 0.3) is 0 Å². The van der Waals surface area contributed by atoms with Gasteiger partial charge in [0.25, 0.3) is 5.91 Å². The summed E-state index contributed by atoms with van der Waals surface area (Å²) in [4.78, 5) is 18.4. The number of guanidine groups is 1. The maximum absolute atomic E-state index is 12.0. The number of hydrogen-bond acceptors (Lipinski definition) is 2. The van der Waals surface area contributed by atoms with Crippen LogP contribution in [0.1, 0.15) is 50.0 Å². The molecule has 1 aromatic carbocycles. The third-order valence-corrected chi connectivity index (χ3v) is 3.72. The van der Waals surface area contributed by atoms with E-state index in [2.05, 4.69) is 24.2 Å². The van der Waals surface area contributed by atoms with Crippen LogP contribution < -0.4 is 11.1 Å². The highest BCUT2D eigenvalue weighted by molar-refractivity contribution is 14.0. The first-order chi connectivity index (χ1) is 10.5. The molecule has 0 saturated heterocycles. The highest BCUT2D eigenvalue weighted by Crippen LogP contribution is 2.07. The second-order valence-electron chi connectivity index (χ2n) is 5.33. The number of rotatable bonds is 7. The molecule has 0 radical (unpaired) electrons. The summed E-state index contributed by atoms with van der Waals surface area (Å²) < 4.78 is 0. The number of carbonyl (C=O) groups excluding carboxylic acids is 1. The highest BCUT2D eigenvalue weighted by Gasteiger charge is 2.08. The van der Waals surface area contributed by atoms with E-state index in [-0.39, 0.29) is 35.9 Å². The van der Waals surface area contributed by atoms with Crippen LogP contribution in [0.15, 0.2) is 29.3 Å². The Bertz CT molecular complexity index is 498. The van der Waals surface area contributed by atoms with Crippen LogP contribution in [0.5, 0.6) is 0 Å². The zero-order valence-corrected chi connectivity index (χ0v) is 16.8. The Morgan fingerprint density at radius 1 is 1.22 bits per heavy atom. The summed E-state index contributed by atoms with van der Waals surface area (Å²) in [6.07, 6.45) is 0.920. The smallest absolute Gasteiger partial charge is 0.251 e. The molecule has 0 aromatic heterocycles. The summed E-state index contributed by atoms with van der Waals surface area (Å²) in [5, 5.41) is 2.95. The molecule has 1 aromatic rings. The highest BCUT2D eigenvalue weighted by atomic mass is 127. The lowest BCUT2D eigenvalue weighted by atomic mass is 10.1. The Morgan fingerprint density at radius 2 is 1.78 bits per heavy atom. The van der Waals surface area contributed by atoms with E-state index in [1.807, 2.05) is 43.0 Å². The molecule has 130 valence electrons. The van der Waals surface area contributed by atoms with Crippen LogP contribution in [-0.2, 0) is 6.54 Å². The third-order valence-electron chi connectivity index (χ3n) is 3.72. The van der Waals surface area contributed by atoms with Gasteiger partial charge in [-0.05, 0) is 44.9 Å². The fourth-order valence-corrected chi connectivity index (χ4v) is 1.99. The molecule has 0 fully saturated rings. The molecule has 0 aliphatic heterocycles. The van der Waals surface area contributed by atoms with Crippen LogP contribution in [0, 0.1) is 0 Å². The third kappa shape index (κ3) is 7.20. The Balaban J connectivity index is 0.00000484.